The van der Waals surface area contributed by atoms with Gasteiger partial charge in [-0.2, -0.15) is 0 Å². The average molecular weight is 667 g/mol. The van der Waals surface area contributed by atoms with Gasteiger partial charge in [0.2, 0.25) is 0 Å². The van der Waals surface area contributed by atoms with Gasteiger partial charge in [0.05, 0.1) is 13.2 Å². The molecule has 1 aliphatic rings. The molecule has 262 valence electrons. The van der Waals surface area contributed by atoms with Crippen LogP contribution in [0.25, 0.3) is 11.1 Å². The van der Waals surface area contributed by atoms with Gasteiger partial charge in [-0.05, 0) is 98.4 Å². The number of hydrogen-bond donors (Lipinski definition) is 0. The Morgan fingerprint density at radius 2 is 1.35 bits per heavy atom. The first-order valence-corrected chi connectivity index (χ1v) is 17.1. The van der Waals surface area contributed by atoms with E-state index in [-0.39, 0.29) is 32.2 Å². The van der Waals surface area contributed by atoms with Crippen LogP contribution in [0.15, 0.2) is 54.6 Å². The lowest BCUT2D eigenvalue weighted by molar-refractivity contribution is -0.139. The third kappa shape index (κ3) is 12.8. The van der Waals surface area contributed by atoms with Crippen molar-refractivity contribution in [1.82, 2.24) is 0 Å². The molecule has 48 heavy (non-hydrogen) atoms. The second kappa shape index (κ2) is 20.3. The van der Waals surface area contributed by atoms with Crippen molar-refractivity contribution < 1.29 is 42.5 Å². The third-order valence-corrected chi connectivity index (χ3v) is 8.09. The van der Waals surface area contributed by atoms with Gasteiger partial charge in [-0.1, -0.05) is 70.7 Å². The lowest BCUT2D eigenvalue weighted by atomic mass is 9.93. The summed E-state index contributed by atoms with van der Waals surface area (Å²) in [6.45, 7) is 13.2. The standard InChI is InChI=1S/C39H51FO8/c1-6-7-8-9-10-11-12-15-29-18-19-30(24-35(29)40)33-22-31(16-13-20-44-37(41)27(2)3)36(46-25-34-26-47-39(43)48-34)32(23-33)17-14-21-45-38(42)28(4)5/h18-19,22-24,34H,2,4,6-17,20-21,25-26H2,1,3,5H3. The molecule has 2 aromatic carbocycles. The van der Waals surface area contributed by atoms with Crippen molar-refractivity contribution in [1.29, 1.82) is 0 Å². The summed E-state index contributed by atoms with van der Waals surface area (Å²) in [6, 6.07) is 9.32. The molecule has 1 fully saturated rings. The molecule has 1 saturated heterocycles. The molecule has 9 heteroatoms. The Morgan fingerprint density at radius 3 is 1.88 bits per heavy atom. The summed E-state index contributed by atoms with van der Waals surface area (Å²) in [5, 5.41) is 0. The molecule has 0 saturated carbocycles. The predicted octanol–water partition coefficient (Wildman–Crippen LogP) is 8.80. The van der Waals surface area contributed by atoms with Crippen LogP contribution in [0.1, 0.15) is 95.2 Å². The fourth-order valence-electron chi connectivity index (χ4n) is 5.40. The Kier molecular flexibility index (Phi) is 16.2. The van der Waals surface area contributed by atoms with Crippen molar-refractivity contribution in [2.75, 3.05) is 26.4 Å². The number of esters is 2. The number of carbonyl (C=O) groups is 3. The Labute approximate surface area is 284 Å². The summed E-state index contributed by atoms with van der Waals surface area (Å²) >= 11 is 0. The van der Waals surface area contributed by atoms with Crippen LogP contribution < -0.4 is 4.74 Å². The zero-order valence-corrected chi connectivity index (χ0v) is 28.8. The molecule has 0 bridgehead atoms. The van der Waals surface area contributed by atoms with Crippen LogP contribution in [-0.4, -0.2) is 50.6 Å². The summed E-state index contributed by atoms with van der Waals surface area (Å²) < 4.78 is 42.4. The minimum absolute atomic E-state index is 0.0717. The lowest BCUT2D eigenvalue weighted by Crippen LogP contribution is -2.21. The summed E-state index contributed by atoms with van der Waals surface area (Å²) in [5.74, 6) is -0.556. The number of unbranched alkanes of at least 4 members (excludes halogenated alkanes) is 6. The first kappa shape index (κ1) is 38.3. The SMILES string of the molecule is C=C(C)C(=O)OCCCc1cc(-c2ccc(CCCCCCCCC)c(F)c2)cc(CCCOC(=O)C(=C)C)c1OCC1COC(=O)O1. The van der Waals surface area contributed by atoms with Crippen molar-refractivity contribution >= 4 is 18.1 Å². The molecule has 1 heterocycles. The monoisotopic (exact) mass is 666 g/mol. The van der Waals surface area contributed by atoms with Crippen LogP contribution in [0.4, 0.5) is 9.18 Å². The zero-order valence-electron chi connectivity index (χ0n) is 28.8. The van der Waals surface area contributed by atoms with E-state index >= 15 is 4.39 Å². The van der Waals surface area contributed by atoms with Gasteiger partial charge >= 0.3 is 18.1 Å². The second-order valence-corrected chi connectivity index (χ2v) is 12.5. The van der Waals surface area contributed by atoms with E-state index < -0.39 is 24.2 Å². The molecular weight excluding hydrogens is 615 g/mol. The number of halogens is 1. The molecule has 2 aromatic rings. The fraction of sp³-hybridized carbons (Fsp3) is 0.513. The van der Waals surface area contributed by atoms with Crippen LogP contribution >= 0.6 is 0 Å². The maximum absolute atomic E-state index is 15.4. The van der Waals surface area contributed by atoms with E-state index in [1.165, 1.54) is 32.1 Å². The molecule has 1 aliphatic heterocycles. The Bertz CT molecular complexity index is 1360. The van der Waals surface area contributed by atoms with Crippen LogP contribution in [-0.2, 0) is 47.8 Å². The van der Waals surface area contributed by atoms with Gasteiger partial charge in [0.15, 0.2) is 6.10 Å². The van der Waals surface area contributed by atoms with E-state index in [0.29, 0.717) is 54.6 Å². The number of ether oxygens (including phenoxy) is 5. The van der Waals surface area contributed by atoms with Gasteiger partial charge in [-0.15, -0.1) is 0 Å². The molecule has 3 rings (SSSR count). The van der Waals surface area contributed by atoms with Crippen LogP contribution in [0.3, 0.4) is 0 Å². The van der Waals surface area contributed by atoms with Crippen LogP contribution in [0, 0.1) is 5.82 Å². The van der Waals surface area contributed by atoms with Crippen molar-refractivity contribution in [3.8, 4) is 16.9 Å². The minimum atomic E-state index is -0.740. The van der Waals surface area contributed by atoms with E-state index in [9.17, 15) is 14.4 Å². The molecule has 0 radical (unpaired) electrons. The number of aryl methyl sites for hydroxylation is 3. The van der Waals surface area contributed by atoms with Crippen molar-refractivity contribution in [3.63, 3.8) is 0 Å². The number of benzene rings is 2. The summed E-state index contributed by atoms with van der Waals surface area (Å²) in [7, 11) is 0. The molecule has 1 unspecified atom stereocenters. The number of cyclic esters (lactones) is 2. The highest BCUT2D eigenvalue weighted by Crippen LogP contribution is 2.34. The first-order valence-electron chi connectivity index (χ1n) is 17.1. The van der Waals surface area contributed by atoms with E-state index in [2.05, 4.69) is 20.1 Å². The van der Waals surface area contributed by atoms with Crippen molar-refractivity contribution in [2.24, 2.45) is 0 Å². The molecular formula is C39H51FO8. The molecule has 0 aromatic heterocycles. The summed E-state index contributed by atoms with van der Waals surface area (Å²) in [4.78, 5) is 35.4. The summed E-state index contributed by atoms with van der Waals surface area (Å²) in [6.07, 6.45) is 9.57. The van der Waals surface area contributed by atoms with E-state index in [1.54, 1.807) is 19.9 Å². The second-order valence-electron chi connectivity index (χ2n) is 12.5. The molecule has 8 nitrogen and oxygen atoms in total. The minimum Gasteiger partial charge on any atom is -0.489 e. The van der Waals surface area contributed by atoms with E-state index in [0.717, 1.165) is 35.1 Å². The zero-order chi connectivity index (χ0) is 34.9. The average Bonchev–Trinajstić information content (AvgIpc) is 3.48. The van der Waals surface area contributed by atoms with Gasteiger partial charge < -0.3 is 23.7 Å². The Balaban J connectivity index is 1.85. The Morgan fingerprint density at radius 1 is 0.792 bits per heavy atom. The van der Waals surface area contributed by atoms with Crippen molar-refractivity contribution in [3.05, 3.63) is 77.1 Å². The van der Waals surface area contributed by atoms with Gasteiger partial charge in [-0.25, -0.2) is 18.8 Å². The van der Waals surface area contributed by atoms with Gasteiger partial charge in [0.25, 0.3) is 0 Å². The van der Waals surface area contributed by atoms with Gasteiger partial charge in [0.1, 0.15) is 24.8 Å². The highest BCUT2D eigenvalue weighted by Gasteiger charge is 2.26. The lowest BCUT2D eigenvalue weighted by Gasteiger charge is -2.20. The third-order valence-electron chi connectivity index (χ3n) is 8.09. The van der Waals surface area contributed by atoms with Crippen LogP contribution in [0.5, 0.6) is 5.75 Å². The number of rotatable bonds is 22. The number of carbonyl (C=O) groups excluding carboxylic acids is 3. The van der Waals surface area contributed by atoms with Gasteiger partial charge in [0, 0.05) is 11.1 Å². The van der Waals surface area contributed by atoms with E-state index in [4.69, 9.17) is 23.7 Å². The smallest absolute Gasteiger partial charge is 0.489 e. The summed E-state index contributed by atoms with van der Waals surface area (Å²) in [5.41, 5.74) is 4.53. The largest absolute Gasteiger partial charge is 0.508 e. The fourth-order valence-corrected chi connectivity index (χ4v) is 5.40. The molecule has 0 amide bonds. The topological polar surface area (TPSA) is 97.4 Å². The quantitative estimate of drug-likeness (QED) is 0.0532. The van der Waals surface area contributed by atoms with Crippen LogP contribution in [0.2, 0.25) is 0 Å². The molecule has 1 atom stereocenters. The Hall–Kier alpha value is -4.14. The molecule has 0 spiro atoms. The van der Waals surface area contributed by atoms with E-state index in [1.807, 2.05) is 24.3 Å². The molecule has 0 N–H and O–H groups in total. The highest BCUT2D eigenvalue weighted by molar-refractivity contribution is 5.87. The normalized spacial score (nSPS) is 13.8. The molecule has 0 aliphatic carbocycles. The maximum atomic E-state index is 15.4. The van der Waals surface area contributed by atoms with Crippen molar-refractivity contribution in [2.45, 2.75) is 104 Å². The first-order chi connectivity index (χ1) is 23.1. The number of hydrogen-bond acceptors (Lipinski definition) is 8. The van der Waals surface area contributed by atoms with Gasteiger partial charge in [-0.3, -0.25) is 0 Å². The predicted molar refractivity (Wildman–Crippen MR) is 183 cm³/mol. The maximum Gasteiger partial charge on any atom is 0.508 e. The highest BCUT2D eigenvalue weighted by atomic mass is 19.1.